The number of nitrogens with zero attached hydrogens (tertiary/aromatic N) is 2. The Hall–Kier alpha value is -5.54. The van der Waals surface area contributed by atoms with Crippen molar-refractivity contribution in [3.63, 3.8) is 0 Å². The van der Waals surface area contributed by atoms with Gasteiger partial charge in [-0.25, -0.2) is 9.78 Å². The summed E-state index contributed by atoms with van der Waals surface area (Å²) in [7, 11) is 2.80. The number of nitrogens with one attached hydrogen (secondary N) is 1. The molecule has 3 unspecified atom stereocenters. The minimum atomic E-state index is -0.270. The predicted octanol–water partition coefficient (Wildman–Crippen LogP) is 13.1. The largest absolute Gasteiger partial charge is 0.469 e. The van der Waals surface area contributed by atoms with Gasteiger partial charge in [0.2, 0.25) is 0 Å². The quantitative estimate of drug-likeness (QED) is 0.155. The second-order valence-corrected chi connectivity index (χ2v) is 19.3. The Bertz CT molecular complexity index is 2070. The van der Waals surface area contributed by atoms with Gasteiger partial charge in [-0.1, -0.05) is 71.4 Å². The molecule has 3 aromatic rings. The van der Waals surface area contributed by atoms with Gasteiger partial charge in [0.1, 0.15) is 5.69 Å². The van der Waals surface area contributed by atoms with Gasteiger partial charge in [0.05, 0.1) is 25.5 Å². The molecule has 64 heavy (non-hydrogen) atoms. The highest BCUT2D eigenvalue weighted by Gasteiger charge is 2.69. The number of carbonyl (C=O) groups excluding carboxylic acids is 2. The lowest BCUT2D eigenvalue weighted by molar-refractivity contribution is -0.213. The highest BCUT2D eigenvalue weighted by molar-refractivity contribution is 7.14. The van der Waals surface area contributed by atoms with E-state index in [1.54, 1.807) is 17.4 Å². The van der Waals surface area contributed by atoms with Crippen LogP contribution in [0, 0.1) is 96.7 Å². The number of allylic oxidation sites excluding steroid dienone is 3. The van der Waals surface area contributed by atoms with Crippen LogP contribution in [0.15, 0.2) is 72.8 Å². The Morgan fingerprint density at radius 3 is 1.97 bits per heavy atom. The number of hydrogen-bond donors (Lipinski definition) is 1. The third kappa shape index (κ3) is 10.5. The summed E-state index contributed by atoms with van der Waals surface area (Å²) < 4.78 is 9.07. The molecule has 0 aliphatic heterocycles. The highest BCUT2D eigenvalue weighted by atomic mass is 32.1. The van der Waals surface area contributed by atoms with Crippen LogP contribution in [-0.4, -0.2) is 41.7 Å². The summed E-state index contributed by atoms with van der Waals surface area (Å²) in [5, 5.41) is 7.37. The van der Waals surface area contributed by atoms with Crippen LogP contribution in [0.3, 0.4) is 0 Å². The Kier molecular flexibility index (Phi) is 20.4. The Balaban J connectivity index is 0.000000781. The van der Waals surface area contributed by atoms with Gasteiger partial charge in [-0.15, -0.1) is 69.3 Å². The molecule has 8 rings (SSSR count). The lowest BCUT2D eigenvalue weighted by Crippen LogP contribution is -2.66. The molecule has 1 N–H and O–H groups in total. The molecule has 342 valence electrons. The monoisotopic (exact) mass is 884 g/mol. The topological polar surface area (TPSA) is 90.4 Å². The first-order valence-corrected chi connectivity index (χ1v) is 23.0. The summed E-state index contributed by atoms with van der Waals surface area (Å²) in [6.07, 6.45) is 51.2. The van der Waals surface area contributed by atoms with E-state index in [2.05, 4.69) is 137 Å². The molecule has 2 aromatic heterocycles. The molecule has 4 saturated carbocycles. The van der Waals surface area contributed by atoms with Crippen molar-refractivity contribution in [2.75, 3.05) is 19.5 Å². The first-order chi connectivity index (χ1) is 30.6. The predicted molar refractivity (Wildman–Crippen MR) is 269 cm³/mol. The molecule has 8 heteroatoms. The zero-order chi connectivity index (χ0) is 48.5. The lowest BCUT2D eigenvalue weighted by Gasteiger charge is -2.72. The number of anilines is 1. The van der Waals surface area contributed by atoms with E-state index in [0.717, 1.165) is 34.8 Å². The highest BCUT2D eigenvalue weighted by Crippen LogP contribution is 2.76. The molecule has 0 saturated heterocycles. The van der Waals surface area contributed by atoms with Crippen molar-refractivity contribution in [3.05, 3.63) is 83.9 Å². The molecule has 1 aromatic carbocycles. The molecule has 2 heterocycles. The van der Waals surface area contributed by atoms with E-state index < -0.39 is 0 Å². The summed E-state index contributed by atoms with van der Waals surface area (Å²) in [6, 6.07) is 14.2. The van der Waals surface area contributed by atoms with Gasteiger partial charge >= 0.3 is 11.9 Å². The number of hydrogen-bond acceptors (Lipinski definition) is 8. The van der Waals surface area contributed by atoms with Gasteiger partial charge in [-0.05, 0) is 145 Å². The molecular formula is C56H73N3O4S. The number of carbonyl (C=O) groups is 2. The fourth-order valence-electron chi connectivity index (χ4n) is 13.0. The molecule has 4 fully saturated rings. The van der Waals surface area contributed by atoms with Crippen LogP contribution in [0.5, 0.6) is 0 Å². The standard InChI is InChI=1S/C42H53N3O2S.C3H6O2.C3H6.4C2H2/c1-38(2)29(27-12-14-28(15-13-27)36(46)47-6)18-21-39(3)34(38)19-22-41(5)35(39)17-16-30-31-10-9-20-42(31,24-23-40(30,41)4)45-37-44-33(26-48-37)32-11-7-8-25-43-32;1-3(4)5-2;1-3-2;4*1-2/h7-8,11-15,18,25-26,30-31,34-35H,9-10,16-17,19-24H2,1-6H3,(H,44,45);1-2H3;3H,1H2,2H3;4*1-2H/t30-,31?,34?,35?,39+,40-,41-,42+;;;;;;/m1....../s1. The van der Waals surface area contributed by atoms with E-state index in [-0.39, 0.29) is 28.3 Å². The van der Waals surface area contributed by atoms with Gasteiger partial charge in [-0.2, -0.15) is 0 Å². The Morgan fingerprint density at radius 1 is 0.781 bits per heavy atom. The summed E-state index contributed by atoms with van der Waals surface area (Å²) in [6.45, 7) is 19.8. The minimum Gasteiger partial charge on any atom is -0.469 e. The lowest BCUT2D eigenvalue weighted by atomic mass is 9.33. The van der Waals surface area contributed by atoms with Crippen LogP contribution in [0.2, 0.25) is 0 Å². The fourth-order valence-corrected chi connectivity index (χ4v) is 13.8. The van der Waals surface area contributed by atoms with Crippen LogP contribution < -0.4 is 5.32 Å². The molecular weight excluding hydrogens is 811 g/mol. The first-order valence-electron chi connectivity index (χ1n) is 22.1. The maximum absolute atomic E-state index is 12.1. The number of terminal acetylenes is 4. The van der Waals surface area contributed by atoms with Crippen LogP contribution >= 0.6 is 11.3 Å². The Labute approximate surface area is 391 Å². The van der Waals surface area contributed by atoms with Crippen molar-refractivity contribution in [3.8, 4) is 62.8 Å². The van der Waals surface area contributed by atoms with Crippen LogP contribution in [0.4, 0.5) is 5.13 Å². The molecule has 0 amide bonds. The number of methoxy groups -OCH3 is 2. The normalized spacial score (nSPS) is 29.4. The number of thiazole rings is 1. The van der Waals surface area contributed by atoms with Crippen molar-refractivity contribution in [2.24, 2.45) is 45.3 Å². The van der Waals surface area contributed by atoms with Gasteiger partial charge < -0.3 is 14.8 Å². The third-order valence-electron chi connectivity index (χ3n) is 15.6. The van der Waals surface area contributed by atoms with Gasteiger partial charge in [0, 0.05) is 24.0 Å². The SMILES string of the molecule is C#C.C#C.C#C.C#C.C=CC.COC(=O)c1ccc(C2=CC[C@@]3(C)C(CC[C@]4(C)C3CC[C@@H]3C5CCC[C@]5(Nc5nc(-c6ccccn6)cs5)CC[C@]34C)C2(C)C)cc1.COC(C)=O. The number of pyridine rings is 1. The van der Waals surface area contributed by atoms with E-state index in [0.29, 0.717) is 28.2 Å². The molecule has 7 nitrogen and oxygen atoms in total. The van der Waals surface area contributed by atoms with E-state index in [1.807, 2.05) is 37.4 Å². The number of esters is 2. The average molecular weight is 884 g/mol. The molecule has 5 aliphatic rings. The summed E-state index contributed by atoms with van der Waals surface area (Å²) in [5.74, 6) is 2.32. The van der Waals surface area contributed by atoms with Crippen molar-refractivity contribution in [2.45, 2.75) is 118 Å². The van der Waals surface area contributed by atoms with Crippen molar-refractivity contribution < 1.29 is 19.1 Å². The number of ether oxygens (including phenoxy) is 2. The van der Waals surface area contributed by atoms with Crippen LogP contribution in [0.1, 0.15) is 129 Å². The molecule has 0 bridgehead atoms. The third-order valence-corrected chi connectivity index (χ3v) is 16.4. The van der Waals surface area contributed by atoms with Crippen molar-refractivity contribution >= 4 is 34.0 Å². The smallest absolute Gasteiger partial charge is 0.337 e. The van der Waals surface area contributed by atoms with Gasteiger partial charge in [0.25, 0.3) is 0 Å². The minimum absolute atomic E-state index is 0.0672. The molecule has 0 radical (unpaired) electrons. The summed E-state index contributed by atoms with van der Waals surface area (Å²) >= 11 is 1.75. The van der Waals surface area contributed by atoms with Crippen LogP contribution in [0.25, 0.3) is 17.0 Å². The molecule has 5 aliphatic carbocycles. The number of aromatic nitrogens is 2. The first kappa shape index (κ1) is 54.6. The van der Waals surface area contributed by atoms with Gasteiger partial charge in [-0.3, -0.25) is 9.78 Å². The van der Waals surface area contributed by atoms with E-state index >= 15 is 0 Å². The summed E-state index contributed by atoms with van der Waals surface area (Å²) in [5.41, 5.74) is 6.48. The number of benzene rings is 1. The maximum Gasteiger partial charge on any atom is 0.337 e. The Morgan fingerprint density at radius 2 is 1.41 bits per heavy atom. The zero-order valence-corrected chi connectivity index (χ0v) is 40.8. The second kappa shape index (κ2) is 23.9. The van der Waals surface area contributed by atoms with Crippen molar-refractivity contribution in [1.29, 1.82) is 0 Å². The average Bonchev–Trinajstić information content (AvgIpc) is 3.97. The van der Waals surface area contributed by atoms with Gasteiger partial charge in [0.15, 0.2) is 5.13 Å². The summed E-state index contributed by atoms with van der Waals surface area (Å²) in [4.78, 5) is 31.3. The second-order valence-electron chi connectivity index (χ2n) is 18.4. The molecule has 0 spiro atoms. The zero-order valence-electron chi connectivity index (χ0n) is 40.0. The molecule has 8 atom stereocenters. The van der Waals surface area contributed by atoms with E-state index in [4.69, 9.17) is 9.72 Å². The fraction of sp³-hybridized carbons (Fsp3) is 0.500. The number of rotatable bonds is 5. The number of fused-ring (bicyclic) bond motifs is 7. The maximum atomic E-state index is 12.1. The van der Waals surface area contributed by atoms with Crippen LogP contribution in [-0.2, 0) is 14.3 Å². The van der Waals surface area contributed by atoms with E-state index in [1.165, 1.54) is 90.1 Å². The van der Waals surface area contributed by atoms with Crippen molar-refractivity contribution in [1.82, 2.24) is 9.97 Å². The van der Waals surface area contributed by atoms with E-state index in [9.17, 15) is 9.59 Å².